The minimum atomic E-state index is -2.32. The molecule has 10 heteroatoms. The third-order valence-electron chi connectivity index (χ3n) is 1.55. The van der Waals surface area contributed by atoms with Gasteiger partial charge in [-0.25, -0.2) is 4.68 Å². The molecule has 1 aromatic heterocycles. The second-order valence-corrected chi connectivity index (χ2v) is 10.9. The second kappa shape index (κ2) is 6.53. The van der Waals surface area contributed by atoms with E-state index in [-0.39, 0.29) is 4.87 Å². The molecule has 0 fully saturated rings. The number of hydrogen-bond acceptors (Lipinski definition) is 8. The van der Waals surface area contributed by atoms with Gasteiger partial charge >= 0.3 is 4.87 Å². The molecule has 92 valence electrons. The number of nitrogens with zero attached hydrogens (tertiary/aromatic N) is 2. The zero-order chi connectivity index (χ0) is 12.2. The van der Waals surface area contributed by atoms with Crippen LogP contribution in [0.1, 0.15) is 0 Å². The fourth-order valence-corrected chi connectivity index (χ4v) is 4.66. The summed E-state index contributed by atoms with van der Waals surface area (Å²) in [7, 11) is 3.02. The molecule has 0 unspecified atom stereocenters. The Bertz CT molecular complexity index is 437. The smallest absolute Gasteiger partial charge is 0.325 e. The number of hydrogen-bond donors (Lipinski definition) is 0. The molecule has 0 atom stereocenters. The molecule has 0 radical (unpaired) electrons. The molecule has 0 N–H and O–H groups in total. The van der Waals surface area contributed by atoms with Gasteiger partial charge in [0.05, 0.1) is 0 Å². The van der Waals surface area contributed by atoms with Crippen molar-refractivity contribution in [2.24, 2.45) is 0 Å². The van der Waals surface area contributed by atoms with Crippen LogP contribution in [0.25, 0.3) is 0 Å². The van der Waals surface area contributed by atoms with Gasteiger partial charge in [-0.3, -0.25) is 4.79 Å². The van der Waals surface area contributed by atoms with Gasteiger partial charge in [0.25, 0.3) is 0 Å². The van der Waals surface area contributed by atoms with Gasteiger partial charge in [0, 0.05) is 14.2 Å². The first-order valence-corrected chi connectivity index (χ1v) is 10.3. The van der Waals surface area contributed by atoms with Gasteiger partial charge in [0.2, 0.25) is 5.69 Å². The topological polar surface area (TPSA) is 53.4 Å². The average molecular weight is 318 g/mol. The van der Waals surface area contributed by atoms with Crippen LogP contribution in [-0.4, -0.2) is 30.3 Å². The summed E-state index contributed by atoms with van der Waals surface area (Å²) in [6.45, 7) is 0. The highest BCUT2D eigenvalue weighted by Crippen LogP contribution is 2.60. The maximum absolute atomic E-state index is 11.5. The van der Waals surface area contributed by atoms with Crippen molar-refractivity contribution >= 4 is 52.0 Å². The van der Waals surface area contributed by atoms with E-state index in [1.807, 2.05) is 6.26 Å². The fraction of sp³-hybridized carbons (Fsp3) is 0.667. The lowest BCUT2D eigenvalue weighted by Crippen LogP contribution is -2.12. The summed E-state index contributed by atoms with van der Waals surface area (Å²) in [6, 6.07) is 0. The molecule has 0 aliphatic carbocycles. The van der Waals surface area contributed by atoms with Crippen molar-refractivity contribution in [1.29, 1.82) is 0 Å². The van der Waals surface area contributed by atoms with Crippen molar-refractivity contribution in [3.8, 4) is 0 Å². The molecule has 0 spiro atoms. The van der Waals surface area contributed by atoms with E-state index >= 15 is 0 Å². The molecule has 0 aromatic carbocycles. The number of rotatable bonds is 6. The minimum Gasteiger partial charge on any atom is -0.325 e. The largest absolute Gasteiger partial charge is 0.326 e. The van der Waals surface area contributed by atoms with E-state index in [1.165, 1.54) is 42.0 Å². The van der Waals surface area contributed by atoms with Crippen LogP contribution in [0.2, 0.25) is 0 Å². The fourth-order valence-electron chi connectivity index (χ4n) is 0.757. The first kappa shape index (κ1) is 14.7. The standard InChI is InChI=1S/C6H11N2O3PS4/c1-10-12(13,11-2)15-4-8-6(9)16-5(7-8)14-3/h4H2,1-3H3. The molecule has 1 heterocycles. The Morgan fingerprint density at radius 3 is 2.62 bits per heavy atom. The Kier molecular flexibility index (Phi) is 6.00. The zero-order valence-electron chi connectivity index (χ0n) is 8.91. The maximum atomic E-state index is 11.5. The van der Waals surface area contributed by atoms with Gasteiger partial charge in [-0.15, -0.1) is 0 Å². The third-order valence-corrected chi connectivity index (χ3v) is 8.97. The summed E-state index contributed by atoms with van der Waals surface area (Å²) < 4.78 is 12.3. The van der Waals surface area contributed by atoms with Gasteiger partial charge in [-0.2, -0.15) is 5.10 Å². The molecule has 0 amide bonds. The van der Waals surface area contributed by atoms with Crippen molar-refractivity contribution in [3.63, 3.8) is 0 Å². The molecule has 5 nitrogen and oxygen atoms in total. The SMILES string of the molecule is COP(=S)(OC)SCn1nc(SC)sc1=O. The van der Waals surface area contributed by atoms with E-state index in [2.05, 4.69) is 5.10 Å². The third kappa shape index (κ3) is 3.83. The Hall–Kier alpha value is 0.630. The van der Waals surface area contributed by atoms with E-state index in [1.54, 1.807) is 0 Å². The van der Waals surface area contributed by atoms with Gasteiger partial charge < -0.3 is 9.05 Å². The lowest BCUT2D eigenvalue weighted by Gasteiger charge is -2.15. The van der Waals surface area contributed by atoms with E-state index in [0.29, 0.717) is 5.88 Å². The highest BCUT2D eigenvalue weighted by Gasteiger charge is 2.17. The van der Waals surface area contributed by atoms with E-state index < -0.39 is 5.69 Å². The van der Waals surface area contributed by atoms with Crippen LogP contribution >= 0.6 is 40.2 Å². The molecule has 0 aliphatic rings. The summed E-state index contributed by atoms with van der Waals surface area (Å²) in [4.78, 5) is 11.4. The van der Waals surface area contributed by atoms with Crippen LogP contribution in [-0.2, 0) is 26.7 Å². The summed E-state index contributed by atoms with van der Waals surface area (Å²) in [5, 5.41) is 4.13. The van der Waals surface area contributed by atoms with Crippen molar-refractivity contribution in [1.82, 2.24) is 9.78 Å². The Labute approximate surface area is 111 Å². The summed E-state index contributed by atoms with van der Waals surface area (Å²) in [5.41, 5.74) is -2.32. The van der Waals surface area contributed by atoms with Gasteiger partial charge in [0.15, 0.2) is 4.34 Å². The molecule has 0 aliphatic heterocycles. The van der Waals surface area contributed by atoms with Crippen LogP contribution < -0.4 is 4.87 Å². The molecule has 1 rings (SSSR count). The Morgan fingerprint density at radius 1 is 1.56 bits per heavy atom. The molecule has 0 bridgehead atoms. The zero-order valence-corrected chi connectivity index (χ0v) is 13.1. The predicted molar refractivity (Wildman–Crippen MR) is 74.0 cm³/mol. The van der Waals surface area contributed by atoms with Crippen LogP contribution in [0.15, 0.2) is 9.13 Å². The molecule has 1 aromatic rings. The first-order valence-electron chi connectivity index (χ1n) is 4.02. The highest BCUT2D eigenvalue weighted by molar-refractivity contribution is 8.67. The predicted octanol–water partition coefficient (Wildman–Crippen LogP) is 2.23. The van der Waals surface area contributed by atoms with Crippen LogP contribution in [0.4, 0.5) is 0 Å². The molecule has 16 heavy (non-hydrogen) atoms. The van der Waals surface area contributed by atoms with Crippen molar-refractivity contribution in [2.75, 3.05) is 20.5 Å². The number of thioether (sulfide) groups is 1. The van der Waals surface area contributed by atoms with Crippen molar-refractivity contribution in [2.45, 2.75) is 10.2 Å². The Balaban J connectivity index is 2.71. The summed E-state index contributed by atoms with van der Waals surface area (Å²) in [6.07, 6.45) is 1.88. The van der Waals surface area contributed by atoms with Crippen molar-refractivity contribution in [3.05, 3.63) is 9.67 Å². The van der Waals surface area contributed by atoms with E-state index in [0.717, 1.165) is 15.7 Å². The van der Waals surface area contributed by atoms with Gasteiger partial charge in [-0.1, -0.05) is 11.8 Å². The average Bonchev–Trinajstić information content (AvgIpc) is 2.67. The maximum Gasteiger partial charge on any atom is 0.326 e. The minimum absolute atomic E-state index is 0.0920. The summed E-state index contributed by atoms with van der Waals surface area (Å²) >= 11 is 9.03. The first-order chi connectivity index (χ1) is 7.54. The Morgan fingerprint density at radius 2 is 2.19 bits per heavy atom. The second-order valence-electron chi connectivity index (χ2n) is 2.41. The van der Waals surface area contributed by atoms with E-state index in [9.17, 15) is 4.79 Å². The van der Waals surface area contributed by atoms with Gasteiger partial charge in [0.1, 0.15) is 5.88 Å². The normalized spacial score (nSPS) is 11.9. The quantitative estimate of drug-likeness (QED) is 0.589. The lowest BCUT2D eigenvalue weighted by molar-refractivity contribution is 0.353. The van der Waals surface area contributed by atoms with Gasteiger partial charge in [-0.05, 0) is 40.8 Å². The molecule has 0 saturated carbocycles. The lowest BCUT2D eigenvalue weighted by atomic mass is 11.2. The van der Waals surface area contributed by atoms with Crippen molar-refractivity contribution < 1.29 is 9.05 Å². The van der Waals surface area contributed by atoms with Crippen LogP contribution in [0.3, 0.4) is 0 Å². The molecular formula is C6H11N2O3PS4. The number of aromatic nitrogens is 2. The van der Waals surface area contributed by atoms with E-state index in [4.69, 9.17) is 20.9 Å². The molecule has 0 saturated heterocycles. The van der Waals surface area contributed by atoms with Crippen LogP contribution in [0, 0.1) is 0 Å². The highest BCUT2D eigenvalue weighted by atomic mass is 32.9. The summed E-state index contributed by atoms with van der Waals surface area (Å²) in [5.74, 6) is 0.356. The monoisotopic (exact) mass is 318 g/mol. The molecular weight excluding hydrogens is 307 g/mol. The van der Waals surface area contributed by atoms with Crippen LogP contribution in [0.5, 0.6) is 0 Å².